The van der Waals surface area contributed by atoms with E-state index in [-0.39, 0.29) is 17.5 Å². The zero-order valence-electron chi connectivity index (χ0n) is 12.7. The van der Waals surface area contributed by atoms with Gasteiger partial charge in [-0.2, -0.15) is 5.26 Å². The van der Waals surface area contributed by atoms with E-state index >= 15 is 0 Å². The molecule has 1 rings (SSSR count). The van der Waals surface area contributed by atoms with Gasteiger partial charge >= 0.3 is 0 Å². The summed E-state index contributed by atoms with van der Waals surface area (Å²) in [6, 6.07) is 9.33. The molecule has 0 unspecified atom stereocenters. The van der Waals surface area contributed by atoms with Gasteiger partial charge in [-0.3, -0.25) is 4.79 Å². The van der Waals surface area contributed by atoms with Crippen LogP contribution in [0.4, 0.5) is 0 Å². The third-order valence-corrected chi connectivity index (χ3v) is 2.61. The molecule has 0 amide bonds. The normalized spacial score (nSPS) is 12.2. The number of rotatable bonds is 4. The molecule has 0 aromatic heterocycles. The molecule has 0 saturated heterocycles. The van der Waals surface area contributed by atoms with Gasteiger partial charge in [0.15, 0.2) is 5.78 Å². The lowest BCUT2D eigenvalue weighted by molar-refractivity contribution is -0.121. The number of hydrogen-bond acceptors (Lipinski definition) is 3. The van der Waals surface area contributed by atoms with E-state index in [1.54, 1.807) is 26.8 Å². The Bertz CT molecular complexity index is 540. The number of nitriles is 1. The van der Waals surface area contributed by atoms with Crippen LogP contribution in [0.5, 0.6) is 5.75 Å². The first-order valence-electron chi connectivity index (χ1n) is 6.67. The van der Waals surface area contributed by atoms with Crippen LogP contribution in [0.2, 0.25) is 0 Å². The lowest BCUT2D eigenvalue weighted by atomic mass is 9.86. The summed E-state index contributed by atoms with van der Waals surface area (Å²) < 4.78 is 5.55. The van der Waals surface area contributed by atoms with Crippen molar-refractivity contribution in [3.63, 3.8) is 0 Å². The summed E-state index contributed by atoms with van der Waals surface area (Å²) in [6.45, 7) is 9.34. The Morgan fingerprint density at radius 2 is 1.80 bits per heavy atom. The van der Waals surface area contributed by atoms with E-state index in [0.717, 1.165) is 11.3 Å². The van der Waals surface area contributed by atoms with Gasteiger partial charge in [-0.15, -0.1) is 0 Å². The first-order valence-corrected chi connectivity index (χ1v) is 6.67. The third-order valence-electron chi connectivity index (χ3n) is 2.61. The SMILES string of the molecule is CC(C)Oc1ccc(/C=C(\C#N)C(=O)C(C)(C)C)cc1. The summed E-state index contributed by atoms with van der Waals surface area (Å²) in [6.07, 6.45) is 1.74. The Kier molecular flexibility index (Phi) is 5.10. The van der Waals surface area contributed by atoms with Gasteiger partial charge in [0.2, 0.25) is 0 Å². The molecule has 0 aliphatic rings. The van der Waals surface area contributed by atoms with Gasteiger partial charge in [0.05, 0.1) is 11.7 Å². The number of nitrogens with zero attached hydrogens (tertiary/aromatic N) is 1. The molecule has 0 aliphatic heterocycles. The van der Waals surface area contributed by atoms with Crippen molar-refractivity contribution in [1.29, 1.82) is 5.26 Å². The molecule has 3 heteroatoms. The van der Waals surface area contributed by atoms with Crippen molar-refractivity contribution in [2.75, 3.05) is 0 Å². The molecule has 0 radical (unpaired) electrons. The summed E-state index contributed by atoms with van der Waals surface area (Å²) >= 11 is 0. The molecular formula is C17H21NO2. The Balaban J connectivity index is 2.98. The van der Waals surface area contributed by atoms with Crippen molar-refractivity contribution in [3.05, 3.63) is 35.4 Å². The minimum Gasteiger partial charge on any atom is -0.491 e. The lowest BCUT2D eigenvalue weighted by Gasteiger charge is -2.15. The molecule has 0 spiro atoms. The maximum Gasteiger partial charge on any atom is 0.178 e. The summed E-state index contributed by atoms with van der Waals surface area (Å²) in [4.78, 5) is 12.1. The van der Waals surface area contributed by atoms with E-state index in [1.165, 1.54) is 0 Å². The van der Waals surface area contributed by atoms with Crippen molar-refractivity contribution in [2.24, 2.45) is 5.41 Å². The van der Waals surface area contributed by atoms with Gasteiger partial charge in [0.25, 0.3) is 0 Å². The lowest BCUT2D eigenvalue weighted by Crippen LogP contribution is -2.21. The van der Waals surface area contributed by atoms with E-state index < -0.39 is 5.41 Å². The predicted octanol–water partition coefficient (Wildman–Crippen LogP) is 4.00. The van der Waals surface area contributed by atoms with Crippen LogP contribution in [0.3, 0.4) is 0 Å². The molecule has 106 valence electrons. The van der Waals surface area contributed by atoms with E-state index in [4.69, 9.17) is 10.00 Å². The highest BCUT2D eigenvalue weighted by atomic mass is 16.5. The molecule has 0 atom stereocenters. The Morgan fingerprint density at radius 1 is 1.25 bits per heavy atom. The van der Waals surface area contributed by atoms with Crippen LogP contribution < -0.4 is 4.74 Å². The largest absolute Gasteiger partial charge is 0.491 e. The average molecular weight is 271 g/mol. The summed E-state index contributed by atoms with van der Waals surface area (Å²) in [5.74, 6) is 0.625. The van der Waals surface area contributed by atoms with Crippen LogP contribution in [-0.2, 0) is 4.79 Å². The minimum absolute atomic E-state index is 0.119. The van der Waals surface area contributed by atoms with Crippen molar-refractivity contribution < 1.29 is 9.53 Å². The molecule has 0 aliphatic carbocycles. The van der Waals surface area contributed by atoms with Crippen LogP contribution in [-0.4, -0.2) is 11.9 Å². The first-order chi connectivity index (χ1) is 9.24. The molecule has 1 aromatic carbocycles. The molecule has 20 heavy (non-hydrogen) atoms. The fraction of sp³-hybridized carbons (Fsp3) is 0.412. The first kappa shape index (κ1) is 16.0. The van der Waals surface area contributed by atoms with Crippen molar-refractivity contribution >= 4 is 11.9 Å². The highest BCUT2D eigenvalue weighted by Gasteiger charge is 2.24. The fourth-order valence-corrected chi connectivity index (χ4v) is 1.63. The number of benzene rings is 1. The van der Waals surface area contributed by atoms with Crippen molar-refractivity contribution in [2.45, 2.75) is 40.7 Å². The molecule has 0 saturated carbocycles. The molecular weight excluding hydrogens is 250 g/mol. The molecule has 0 bridgehead atoms. The monoisotopic (exact) mass is 271 g/mol. The second kappa shape index (κ2) is 6.38. The maximum atomic E-state index is 12.1. The molecule has 3 nitrogen and oxygen atoms in total. The minimum atomic E-state index is -0.553. The standard InChI is InChI=1S/C17H21NO2/c1-12(2)20-15-8-6-13(7-9-15)10-14(11-18)16(19)17(3,4)5/h6-10,12H,1-5H3/b14-10+. The van der Waals surface area contributed by atoms with Crippen LogP contribution >= 0.6 is 0 Å². The summed E-state index contributed by atoms with van der Waals surface area (Å²) in [5.41, 5.74) is 0.438. The maximum absolute atomic E-state index is 12.1. The Labute approximate surface area is 120 Å². The number of ketones is 1. The van der Waals surface area contributed by atoms with E-state index in [0.29, 0.717) is 0 Å². The molecule has 1 aromatic rings. The summed E-state index contributed by atoms with van der Waals surface area (Å²) in [5, 5.41) is 9.13. The number of ether oxygens (including phenoxy) is 1. The second-order valence-corrected chi connectivity index (χ2v) is 5.98. The fourth-order valence-electron chi connectivity index (χ4n) is 1.63. The molecule has 0 fully saturated rings. The average Bonchev–Trinajstić information content (AvgIpc) is 2.35. The second-order valence-electron chi connectivity index (χ2n) is 5.98. The van der Waals surface area contributed by atoms with Crippen molar-refractivity contribution in [3.8, 4) is 11.8 Å². The number of hydrogen-bond donors (Lipinski definition) is 0. The van der Waals surface area contributed by atoms with Gasteiger partial charge in [0, 0.05) is 5.41 Å². The van der Waals surface area contributed by atoms with Gasteiger partial charge in [0.1, 0.15) is 11.8 Å². The highest BCUT2D eigenvalue weighted by molar-refractivity contribution is 6.06. The Morgan fingerprint density at radius 3 is 2.20 bits per heavy atom. The van der Waals surface area contributed by atoms with Crippen LogP contribution in [0, 0.1) is 16.7 Å². The summed E-state index contributed by atoms with van der Waals surface area (Å²) in [7, 11) is 0. The Hall–Kier alpha value is -2.08. The predicted molar refractivity (Wildman–Crippen MR) is 80.3 cm³/mol. The topological polar surface area (TPSA) is 50.1 Å². The van der Waals surface area contributed by atoms with Crippen LogP contribution in [0.15, 0.2) is 29.8 Å². The number of carbonyl (C=O) groups is 1. The molecule has 0 N–H and O–H groups in total. The van der Waals surface area contributed by atoms with Gasteiger partial charge < -0.3 is 4.74 Å². The third kappa shape index (κ3) is 4.55. The van der Waals surface area contributed by atoms with Gasteiger partial charge in [-0.05, 0) is 37.6 Å². The van der Waals surface area contributed by atoms with Gasteiger partial charge in [-0.25, -0.2) is 0 Å². The smallest absolute Gasteiger partial charge is 0.178 e. The van der Waals surface area contributed by atoms with Gasteiger partial charge in [-0.1, -0.05) is 32.9 Å². The van der Waals surface area contributed by atoms with E-state index in [2.05, 4.69) is 0 Å². The number of Topliss-reactive ketones (excluding diaryl/α,β-unsaturated/α-hetero) is 1. The zero-order valence-corrected chi connectivity index (χ0v) is 12.7. The quantitative estimate of drug-likeness (QED) is 0.614. The van der Waals surface area contributed by atoms with Crippen LogP contribution in [0.1, 0.15) is 40.2 Å². The van der Waals surface area contributed by atoms with E-state index in [9.17, 15) is 4.79 Å². The zero-order chi connectivity index (χ0) is 15.3. The number of carbonyl (C=O) groups excluding carboxylic acids is 1. The highest BCUT2D eigenvalue weighted by Crippen LogP contribution is 2.22. The van der Waals surface area contributed by atoms with Crippen LogP contribution in [0.25, 0.3) is 6.08 Å². The number of allylic oxidation sites excluding steroid dienone is 1. The van der Waals surface area contributed by atoms with E-state index in [1.807, 2.05) is 44.2 Å². The molecule has 0 heterocycles. The van der Waals surface area contributed by atoms with Crippen molar-refractivity contribution in [1.82, 2.24) is 0 Å².